The molecule has 2 rings (SSSR count). The molecule has 4 nitrogen and oxygen atoms in total. The van der Waals surface area contributed by atoms with Crippen LogP contribution in [0.3, 0.4) is 0 Å². The van der Waals surface area contributed by atoms with Gasteiger partial charge in [0.15, 0.2) is 12.2 Å². The van der Waals surface area contributed by atoms with Crippen LogP contribution in [0, 0.1) is 0 Å². The van der Waals surface area contributed by atoms with Gasteiger partial charge >= 0.3 is 0 Å². The molecule has 0 aliphatic rings. The molecule has 66 valence electrons. The van der Waals surface area contributed by atoms with Crippen LogP contribution in [0.4, 0.5) is 0 Å². The minimum Gasteiger partial charge on any atom is -0.495 e. The van der Waals surface area contributed by atoms with Gasteiger partial charge in [0.25, 0.3) is 0 Å². The molecule has 0 unspecified atom stereocenters. The van der Waals surface area contributed by atoms with Gasteiger partial charge in [-0.25, -0.2) is 4.98 Å². The van der Waals surface area contributed by atoms with Gasteiger partial charge in [-0.15, -0.1) is 0 Å². The molecule has 2 aromatic heterocycles. The summed E-state index contributed by atoms with van der Waals surface area (Å²) in [5.41, 5.74) is 0.858. The Hall–Kier alpha value is -1.84. The maximum absolute atomic E-state index is 5.11. The summed E-state index contributed by atoms with van der Waals surface area (Å²) < 4.78 is 10.1. The molecule has 0 aliphatic heterocycles. The average Bonchev–Trinajstić information content (AvgIpc) is 2.71. The van der Waals surface area contributed by atoms with Crippen LogP contribution in [-0.2, 0) is 0 Å². The van der Waals surface area contributed by atoms with Crippen LogP contribution in [0.2, 0.25) is 0 Å². The first-order valence-corrected chi connectivity index (χ1v) is 3.78. The first-order valence-electron chi connectivity index (χ1n) is 3.78. The number of hydrogen-bond acceptors (Lipinski definition) is 4. The minimum absolute atomic E-state index is 0.686. The summed E-state index contributed by atoms with van der Waals surface area (Å²) in [6.07, 6.45) is 6.36. The van der Waals surface area contributed by atoms with Crippen LogP contribution in [0.5, 0.6) is 5.75 Å². The van der Waals surface area contributed by atoms with Crippen LogP contribution < -0.4 is 4.74 Å². The number of aromatic nitrogens is 2. The van der Waals surface area contributed by atoms with Crippen molar-refractivity contribution in [1.29, 1.82) is 0 Å². The molecular weight excluding hydrogens is 168 g/mol. The van der Waals surface area contributed by atoms with Gasteiger partial charge in [0.2, 0.25) is 0 Å². The predicted octanol–water partition coefficient (Wildman–Crippen LogP) is 1.75. The second-order valence-electron chi connectivity index (χ2n) is 2.48. The number of methoxy groups -OCH3 is 1. The molecule has 4 heteroatoms. The number of oxazole rings is 1. The molecule has 0 N–H and O–H groups in total. The predicted molar refractivity (Wildman–Crippen MR) is 46.3 cm³/mol. The summed E-state index contributed by atoms with van der Waals surface area (Å²) in [6, 6.07) is 1.84. The Balaban J connectivity index is 2.41. The Bertz CT molecular complexity index is 384. The van der Waals surface area contributed by atoms with E-state index in [-0.39, 0.29) is 0 Å². The number of hydrogen-bond donors (Lipinski definition) is 0. The zero-order valence-corrected chi connectivity index (χ0v) is 7.10. The van der Waals surface area contributed by atoms with Crippen molar-refractivity contribution >= 4 is 0 Å². The molecule has 0 fully saturated rings. The quantitative estimate of drug-likeness (QED) is 0.699. The fourth-order valence-corrected chi connectivity index (χ4v) is 1.02. The minimum atomic E-state index is 0.686. The van der Waals surface area contributed by atoms with Gasteiger partial charge in [-0.3, -0.25) is 4.98 Å². The number of pyridine rings is 1. The van der Waals surface area contributed by atoms with Crippen LogP contribution in [-0.4, -0.2) is 17.1 Å². The van der Waals surface area contributed by atoms with Crippen molar-refractivity contribution < 1.29 is 9.15 Å². The SMILES string of the molecule is COc1cncc(-c2cnco2)c1. The topological polar surface area (TPSA) is 48.2 Å². The summed E-state index contributed by atoms with van der Waals surface area (Å²) in [5.74, 6) is 1.39. The van der Waals surface area contributed by atoms with Gasteiger partial charge in [-0.05, 0) is 6.07 Å². The van der Waals surface area contributed by atoms with E-state index < -0.39 is 0 Å². The van der Waals surface area contributed by atoms with Gasteiger partial charge in [0.05, 0.1) is 19.5 Å². The largest absolute Gasteiger partial charge is 0.495 e. The molecule has 0 radical (unpaired) electrons. The average molecular weight is 176 g/mol. The van der Waals surface area contributed by atoms with E-state index in [0.29, 0.717) is 11.5 Å². The van der Waals surface area contributed by atoms with Crippen molar-refractivity contribution in [2.24, 2.45) is 0 Å². The molecule has 0 spiro atoms. The zero-order valence-electron chi connectivity index (χ0n) is 7.10. The zero-order chi connectivity index (χ0) is 9.10. The van der Waals surface area contributed by atoms with Gasteiger partial charge in [0, 0.05) is 11.8 Å². The van der Waals surface area contributed by atoms with E-state index in [1.54, 1.807) is 25.7 Å². The summed E-state index contributed by atoms with van der Waals surface area (Å²) in [6.45, 7) is 0. The Labute approximate surface area is 75.2 Å². The highest BCUT2D eigenvalue weighted by Crippen LogP contribution is 2.21. The molecule has 0 atom stereocenters. The Kier molecular flexibility index (Phi) is 1.96. The second-order valence-corrected chi connectivity index (χ2v) is 2.48. The lowest BCUT2D eigenvalue weighted by atomic mass is 10.2. The molecule has 0 aliphatic carbocycles. The fourth-order valence-electron chi connectivity index (χ4n) is 1.02. The van der Waals surface area contributed by atoms with Crippen LogP contribution in [0.1, 0.15) is 0 Å². The van der Waals surface area contributed by atoms with E-state index in [1.807, 2.05) is 6.07 Å². The van der Waals surface area contributed by atoms with Crippen molar-refractivity contribution in [3.8, 4) is 17.1 Å². The molecule has 0 saturated carbocycles. The molecule has 13 heavy (non-hydrogen) atoms. The monoisotopic (exact) mass is 176 g/mol. The highest BCUT2D eigenvalue weighted by atomic mass is 16.5. The summed E-state index contributed by atoms with van der Waals surface area (Å²) in [4.78, 5) is 7.82. The molecule has 2 aromatic rings. The lowest BCUT2D eigenvalue weighted by Crippen LogP contribution is -1.84. The van der Waals surface area contributed by atoms with Crippen molar-refractivity contribution in [1.82, 2.24) is 9.97 Å². The first kappa shape index (κ1) is 7.79. The fraction of sp³-hybridized carbons (Fsp3) is 0.111. The summed E-state index contributed by atoms with van der Waals surface area (Å²) >= 11 is 0. The molecule has 0 bridgehead atoms. The smallest absolute Gasteiger partial charge is 0.181 e. The van der Waals surface area contributed by atoms with Crippen LogP contribution in [0.25, 0.3) is 11.3 Å². The van der Waals surface area contributed by atoms with Crippen molar-refractivity contribution in [3.63, 3.8) is 0 Å². The Morgan fingerprint density at radius 3 is 2.85 bits per heavy atom. The third-order valence-corrected chi connectivity index (χ3v) is 1.67. The van der Waals surface area contributed by atoms with E-state index in [9.17, 15) is 0 Å². The van der Waals surface area contributed by atoms with E-state index >= 15 is 0 Å². The first-order chi connectivity index (χ1) is 6.40. The third kappa shape index (κ3) is 1.51. The van der Waals surface area contributed by atoms with Crippen LogP contribution in [0.15, 0.2) is 35.5 Å². The summed E-state index contributed by atoms with van der Waals surface area (Å²) in [7, 11) is 1.60. The van der Waals surface area contributed by atoms with Crippen molar-refractivity contribution in [2.45, 2.75) is 0 Å². The van der Waals surface area contributed by atoms with Crippen LogP contribution >= 0.6 is 0 Å². The van der Waals surface area contributed by atoms with E-state index in [1.165, 1.54) is 6.39 Å². The Morgan fingerprint density at radius 1 is 1.23 bits per heavy atom. The normalized spacial score (nSPS) is 9.92. The summed E-state index contributed by atoms with van der Waals surface area (Å²) in [5, 5.41) is 0. The van der Waals surface area contributed by atoms with Crippen molar-refractivity contribution in [2.75, 3.05) is 7.11 Å². The molecule has 0 aromatic carbocycles. The highest BCUT2D eigenvalue weighted by molar-refractivity contribution is 5.56. The van der Waals surface area contributed by atoms with Gasteiger partial charge in [-0.1, -0.05) is 0 Å². The molecular formula is C9H8N2O2. The standard InChI is InChI=1S/C9H8N2O2/c1-12-8-2-7(3-10-4-8)9-5-11-6-13-9/h2-6H,1H3. The van der Waals surface area contributed by atoms with Crippen molar-refractivity contribution in [3.05, 3.63) is 31.1 Å². The Morgan fingerprint density at radius 2 is 2.15 bits per heavy atom. The highest BCUT2D eigenvalue weighted by Gasteiger charge is 2.02. The van der Waals surface area contributed by atoms with E-state index in [0.717, 1.165) is 5.56 Å². The number of ether oxygens (including phenoxy) is 1. The molecule has 0 amide bonds. The molecule has 0 saturated heterocycles. The lowest BCUT2D eigenvalue weighted by Gasteiger charge is -1.99. The maximum atomic E-state index is 5.11. The number of nitrogens with zero attached hydrogens (tertiary/aromatic N) is 2. The second kappa shape index (κ2) is 3.26. The van der Waals surface area contributed by atoms with E-state index in [4.69, 9.17) is 9.15 Å². The van der Waals surface area contributed by atoms with Gasteiger partial charge in [0.1, 0.15) is 5.75 Å². The molecule has 2 heterocycles. The van der Waals surface area contributed by atoms with E-state index in [2.05, 4.69) is 9.97 Å². The van der Waals surface area contributed by atoms with Gasteiger partial charge in [-0.2, -0.15) is 0 Å². The van der Waals surface area contributed by atoms with Gasteiger partial charge < -0.3 is 9.15 Å². The maximum Gasteiger partial charge on any atom is 0.181 e. The lowest BCUT2D eigenvalue weighted by molar-refractivity contribution is 0.413. The third-order valence-electron chi connectivity index (χ3n) is 1.67. The number of rotatable bonds is 2.